The number of aromatic nitrogens is 1. The molecule has 1 aromatic heterocycles. The zero-order chi connectivity index (χ0) is 27.8. The Kier molecular flexibility index (Phi) is 9.76. The Morgan fingerprint density at radius 3 is 2.51 bits per heavy atom. The molecule has 2 fully saturated rings. The number of halogens is 3. The van der Waals surface area contributed by atoms with Gasteiger partial charge in [0.05, 0.1) is 18.5 Å². The first-order chi connectivity index (χ1) is 18.7. The number of carbonyl (C=O) groups excluding carboxylic acids is 1. The maximum absolute atomic E-state index is 13.0. The van der Waals surface area contributed by atoms with E-state index in [4.69, 9.17) is 10.1 Å². The van der Waals surface area contributed by atoms with E-state index in [1.54, 1.807) is 12.3 Å². The highest BCUT2D eigenvalue weighted by Gasteiger charge is 2.33. The number of nitrogens with zero attached hydrogens (tertiary/aromatic N) is 3. The van der Waals surface area contributed by atoms with Gasteiger partial charge in [0.2, 0.25) is 0 Å². The van der Waals surface area contributed by atoms with Gasteiger partial charge in [-0.25, -0.2) is 4.98 Å². The summed E-state index contributed by atoms with van der Waals surface area (Å²) in [7, 11) is 1.39. The zero-order valence-corrected chi connectivity index (χ0v) is 22.1. The van der Waals surface area contributed by atoms with E-state index in [-0.39, 0.29) is 28.9 Å². The molecule has 12 heteroatoms. The van der Waals surface area contributed by atoms with Crippen molar-refractivity contribution < 1.29 is 22.7 Å². The number of likely N-dealkylation sites (tertiary alicyclic amines) is 1. The van der Waals surface area contributed by atoms with Crippen LogP contribution in [0.2, 0.25) is 0 Å². The SMILES string of the molecule is COC1=CC(=N)/C(=C\NC2CCN(CCCN3CCNCC3)CC2)C=C1NC(=O)c1cccc(C(F)(F)F)n1. The molecular formula is C27H36F3N7O2. The first-order valence-electron chi connectivity index (χ1n) is 13.3. The van der Waals surface area contributed by atoms with Crippen LogP contribution in [-0.2, 0) is 10.9 Å². The molecule has 2 aliphatic heterocycles. The normalized spacial score (nSPS) is 20.9. The highest BCUT2D eigenvalue weighted by Crippen LogP contribution is 2.27. The minimum Gasteiger partial charge on any atom is -0.494 e. The van der Waals surface area contributed by atoms with Crippen molar-refractivity contribution in [3.8, 4) is 0 Å². The predicted octanol–water partition coefficient (Wildman–Crippen LogP) is 2.51. The van der Waals surface area contributed by atoms with Crippen LogP contribution in [0.1, 0.15) is 35.4 Å². The molecule has 4 N–H and O–H groups in total. The van der Waals surface area contributed by atoms with Gasteiger partial charge in [-0.2, -0.15) is 13.2 Å². The van der Waals surface area contributed by atoms with E-state index in [0.29, 0.717) is 5.57 Å². The van der Waals surface area contributed by atoms with Crippen molar-refractivity contribution in [2.75, 3.05) is 59.5 Å². The number of amides is 1. The smallest absolute Gasteiger partial charge is 0.433 e. The third-order valence-corrected chi connectivity index (χ3v) is 7.11. The second-order valence-electron chi connectivity index (χ2n) is 9.87. The third kappa shape index (κ3) is 8.13. The molecule has 4 rings (SSSR count). The van der Waals surface area contributed by atoms with Crippen molar-refractivity contribution in [1.82, 2.24) is 30.7 Å². The number of hydrogen-bond donors (Lipinski definition) is 4. The number of alkyl halides is 3. The first-order valence-corrected chi connectivity index (χ1v) is 13.3. The summed E-state index contributed by atoms with van der Waals surface area (Å²) in [5.41, 5.74) is -0.552. The van der Waals surface area contributed by atoms with E-state index >= 15 is 0 Å². The monoisotopic (exact) mass is 547 g/mol. The molecular weight excluding hydrogens is 511 g/mol. The van der Waals surface area contributed by atoms with E-state index < -0.39 is 17.8 Å². The van der Waals surface area contributed by atoms with Crippen molar-refractivity contribution >= 4 is 11.6 Å². The predicted molar refractivity (Wildman–Crippen MR) is 142 cm³/mol. The minimum atomic E-state index is -4.66. The summed E-state index contributed by atoms with van der Waals surface area (Å²) in [6, 6.07) is 3.42. The molecule has 1 amide bonds. The molecule has 0 unspecified atom stereocenters. The maximum atomic E-state index is 13.0. The van der Waals surface area contributed by atoms with E-state index in [9.17, 15) is 18.0 Å². The molecule has 3 heterocycles. The quantitative estimate of drug-likeness (QED) is 0.377. The van der Waals surface area contributed by atoms with Crippen LogP contribution in [-0.4, -0.2) is 91.9 Å². The summed E-state index contributed by atoms with van der Waals surface area (Å²) in [6.07, 6.45) is 3.27. The van der Waals surface area contributed by atoms with Crippen LogP contribution in [0.4, 0.5) is 13.2 Å². The summed E-state index contributed by atoms with van der Waals surface area (Å²) in [5, 5.41) is 17.7. The van der Waals surface area contributed by atoms with Crippen LogP contribution in [0.3, 0.4) is 0 Å². The fourth-order valence-electron chi connectivity index (χ4n) is 4.87. The van der Waals surface area contributed by atoms with Gasteiger partial charge in [0.1, 0.15) is 17.1 Å². The number of nitrogens with one attached hydrogen (secondary N) is 4. The van der Waals surface area contributed by atoms with Crippen molar-refractivity contribution in [2.45, 2.75) is 31.5 Å². The molecule has 0 aromatic carbocycles. The number of hydrogen-bond acceptors (Lipinski definition) is 8. The molecule has 0 bridgehead atoms. The Morgan fingerprint density at radius 1 is 1.15 bits per heavy atom. The van der Waals surface area contributed by atoms with E-state index in [2.05, 4.69) is 30.7 Å². The van der Waals surface area contributed by atoms with Crippen LogP contribution in [0.5, 0.6) is 0 Å². The second-order valence-corrected chi connectivity index (χ2v) is 9.87. The fraction of sp³-hybridized carbons (Fsp3) is 0.519. The molecule has 9 nitrogen and oxygen atoms in total. The zero-order valence-electron chi connectivity index (χ0n) is 22.1. The van der Waals surface area contributed by atoms with Crippen LogP contribution >= 0.6 is 0 Å². The number of rotatable bonds is 9. The lowest BCUT2D eigenvalue weighted by Gasteiger charge is -2.33. The fourth-order valence-corrected chi connectivity index (χ4v) is 4.87. The van der Waals surface area contributed by atoms with Crippen LogP contribution < -0.4 is 16.0 Å². The van der Waals surface area contributed by atoms with Crippen molar-refractivity contribution in [2.24, 2.45) is 0 Å². The summed E-state index contributed by atoms with van der Waals surface area (Å²) < 4.78 is 44.3. The van der Waals surface area contributed by atoms with Crippen LogP contribution in [0, 0.1) is 5.41 Å². The highest BCUT2D eigenvalue weighted by atomic mass is 19.4. The van der Waals surface area contributed by atoms with Gasteiger partial charge in [0.25, 0.3) is 5.91 Å². The van der Waals surface area contributed by atoms with Crippen molar-refractivity contribution in [3.05, 3.63) is 65.0 Å². The Morgan fingerprint density at radius 2 is 1.85 bits per heavy atom. The highest BCUT2D eigenvalue weighted by molar-refractivity contribution is 6.10. The van der Waals surface area contributed by atoms with Gasteiger partial charge in [-0.1, -0.05) is 6.07 Å². The maximum Gasteiger partial charge on any atom is 0.433 e. The number of allylic oxidation sites excluding steroid dienone is 3. The molecule has 2 saturated heterocycles. The molecule has 3 aliphatic rings. The lowest BCUT2D eigenvalue weighted by Crippen LogP contribution is -2.45. The number of methoxy groups -OCH3 is 1. The van der Waals surface area contributed by atoms with E-state index in [0.717, 1.165) is 77.3 Å². The molecule has 39 heavy (non-hydrogen) atoms. The molecule has 0 radical (unpaired) electrons. The summed E-state index contributed by atoms with van der Waals surface area (Å²) >= 11 is 0. The van der Waals surface area contributed by atoms with Crippen LogP contribution in [0.15, 0.2) is 53.6 Å². The van der Waals surface area contributed by atoms with Gasteiger partial charge >= 0.3 is 6.18 Å². The standard InChI is InChI=1S/C27H36F3N7O2/c1-39-24-17-21(31)19(16-23(24)35-26(38)22-4-2-5-25(34-22)27(28,29)30)18-33-20-6-12-36(13-7-20)10-3-11-37-14-8-32-9-15-37/h2,4-5,16-18,20,31-33H,3,6-15H2,1H3,(H,35,38)/b19-18-,31-21?. The van der Waals surface area contributed by atoms with Crippen molar-refractivity contribution in [1.29, 1.82) is 5.41 Å². The average Bonchev–Trinajstić information content (AvgIpc) is 2.94. The summed E-state index contributed by atoms with van der Waals surface area (Å²) in [5.74, 6) is -0.577. The average molecular weight is 548 g/mol. The number of carbonyl (C=O) groups is 1. The van der Waals surface area contributed by atoms with E-state index in [1.165, 1.54) is 25.7 Å². The van der Waals surface area contributed by atoms with Gasteiger partial charge in [0, 0.05) is 63.2 Å². The van der Waals surface area contributed by atoms with Gasteiger partial charge in [-0.05, 0) is 50.6 Å². The van der Waals surface area contributed by atoms with Crippen LogP contribution in [0.25, 0.3) is 0 Å². The number of ether oxygens (including phenoxy) is 1. The molecule has 1 aromatic rings. The van der Waals surface area contributed by atoms with Gasteiger partial charge < -0.3 is 35.9 Å². The minimum absolute atomic E-state index is 0.194. The Balaban J connectivity index is 1.30. The number of pyridine rings is 1. The van der Waals surface area contributed by atoms with Gasteiger partial charge in [-0.15, -0.1) is 0 Å². The second kappa shape index (κ2) is 13.2. The number of piperidine rings is 1. The van der Waals surface area contributed by atoms with E-state index in [1.807, 2.05) is 0 Å². The Bertz CT molecular complexity index is 1120. The Hall–Kier alpha value is -3.22. The lowest BCUT2D eigenvalue weighted by molar-refractivity contribution is -0.141. The topological polar surface area (TPSA) is 106 Å². The molecule has 1 aliphatic carbocycles. The largest absolute Gasteiger partial charge is 0.494 e. The van der Waals surface area contributed by atoms with Crippen molar-refractivity contribution in [3.63, 3.8) is 0 Å². The molecule has 0 saturated carbocycles. The molecule has 0 atom stereocenters. The Labute approximate surface area is 226 Å². The number of piperazine rings is 1. The molecule has 212 valence electrons. The van der Waals surface area contributed by atoms with Gasteiger partial charge in [-0.3, -0.25) is 4.79 Å². The summed E-state index contributed by atoms with van der Waals surface area (Å²) in [6.45, 7) is 8.64. The lowest BCUT2D eigenvalue weighted by atomic mass is 10.0. The molecule has 0 spiro atoms. The first kappa shape index (κ1) is 28.8. The summed E-state index contributed by atoms with van der Waals surface area (Å²) in [4.78, 5) is 21.1. The van der Waals surface area contributed by atoms with Gasteiger partial charge in [0.15, 0.2) is 0 Å². The third-order valence-electron chi connectivity index (χ3n) is 7.11.